The maximum absolute atomic E-state index is 11.7. The van der Waals surface area contributed by atoms with Gasteiger partial charge in [-0.2, -0.15) is 0 Å². The maximum atomic E-state index is 11.7. The third-order valence-corrected chi connectivity index (χ3v) is 7.54. The van der Waals surface area contributed by atoms with E-state index in [9.17, 15) is 4.79 Å². The number of methoxy groups -OCH3 is 1. The van der Waals surface area contributed by atoms with Gasteiger partial charge in [0.25, 0.3) is 0 Å². The standard InChI is InChI=1S/C30H41N3O2/c1-19(2)22-8-11-24(12-9-22)31-29-32-26-16-23(10-13-28(34)35-7)21(4)15-27(26)33(29)25-14-20(3)17-30(5,6)18-25/h8-9,11-12,15-16,19-20,25H,10,13-14,17-18H2,1-7H3,(H,31,32)/t20-,25+/m1/s1. The molecule has 35 heavy (non-hydrogen) atoms. The summed E-state index contributed by atoms with van der Waals surface area (Å²) in [6.07, 6.45) is 4.58. The number of aromatic nitrogens is 2. The first kappa shape index (κ1) is 25.3. The quantitative estimate of drug-likeness (QED) is 0.356. The zero-order chi connectivity index (χ0) is 25.3. The van der Waals surface area contributed by atoms with Crippen LogP contribution in [0.2, 0.25) is 0 Å². The van der Waals surface area contributed by atoms with Gasteiger partial charge >= 0.3 is 5.97 Å². The summed E-state index contributed by atoms with van der Waals surface area (Å²) in [5, 5.41) is 3.64. The molecule has 1 saturated carbocycles. The van der Waals surface area contributed by atoms with Crippen molar-refractivity contribution in [2.24, 2.45) is 11.3 Å². The lowest BCUT2D eigenvalue weighted by molar-refractivity contribution is -0.140. The number of esters is 1. The van der Waals surface area contributed by atoms with Crippen molar-refractivity contribution < 1.29 is 9.53 Å². The van der Waals surface area contributed by atoms with Gasteiger partial charge in [0.2, 0.25) is 5.95 Å². The number of ether oxygens (including phenoxy) is 1. The molecule has 5 nitrogen and oxygen atoms in total. The lowest BCUT2D eigenvalue weighted by Gasteiger charge is -2.40. The molecule has 0 amide bonds. The Morgan fingerprint density at radius 1 is 1.20 bits per heavy atom. The average Bonchev–Trinajstić information content (AvgIpc) is 3.12. The molecular weight excluding hydrogens is 434 g/mol. The van der Waals surface area contributed by atoms with Crippen LogP contribution < -0.4 is 5.32 Å². The van der Waals surface area contributed by atoms with E-state index in [2.05, 4.69) is 87.8 Å². The highest BCUT2D eigenvalue weighted by Gasteiger charge is 2.34. The summed E-state index contributed by atoms with van der Waals surface area (Å²) in [6, 6.07) is 13.5. The van der Waals surface area contributed by atoms with Crippen LogP contribution in [0.25, 0.3) is 11.0 Å². The number of rotatable bonds is 7. The molecule has 1 heterocycles. The molecule has 2 aromatic carbocycles. The minimum absolute atomic E-state index is 0.180. The van der Waals surface area contributed by atoms with Crippen LogP contribution in [0, 0.1) is 18.3 Å². The zero-order valence-electron chi connectivity index (χ0n) is 22.4. The van der Waals surface area contributed by atoms with Crippen molar-refractivity contribution in [3.05, 3.63) is 53.1 Å². The third kappa shape index (κ3) is 5.71. The van der Waals surface area contributed by atoms with Crippen molar-refractivity contribution >= 4 is 28.6 Å². The van der Waals surface area contributed by atoms with Gasteiger partial charge in [-0.25, -0.2) is 4.98 Å². The average molecular weight is 476 g/mol. The predicted molar refractivity (Wildman–Crippen MR) is 144 cm³/mol. The minimum Gasteiger partial charge on any atom is -0.469 e. The summed E-state index contributed by atoms with van der Waals surface area (Å²) in [4.78, 5) is 16.8. The highest BCUT2D eigenvalue weighted by Crippen LogP contribution is 2.46. The van der Waals surface area contributed by atoms with Gasteiger partial charge in [-0.1, -0.05) is 46.8 Å². The van der Waals surface area contributed by atoms with E-state index < -0.39 is 0 Å². The van der Waals surface area contributed by atoms with E-state index in [1.165, 1.54) is 30.2 Å². The summed E-state index contributed by atoms with van der Waals surface area (Å²) >= 11 is 0. The maximum Gasteiger partial charge on any atom is 0.305 e. The van der Waals surface area contributed by atoms with E-state index >= 15 is 0 Å². The highest BCUT2D eigenvalue weighted by molar-refractivity contribution is 5.82. The number of nitrogens with one attached hydrogen (secondary N) is 1. The lowest BCUT2D eigenvalue weighted by atomic mass is 9.70. The Bertz CT molecular complexity index is 1190. The molecule has 2 atom stereocenters. The SMILES string of the molecule is COC(=O)CCc1cc2nc(Nc3ccc(C(C)C)cc3)n([C@H]3C[C@@H](C)CC(C)(C)C3)c2cc1C. The fourth-order valence-electron chi connectivity index (χ4n) is 5.93. The first-order valence-corrected chi connectivity index (χ1v) is 13.0. The molecule has 5 heteroatoms. The fourth-order valence-corrected chi connectivity index (χ4v) is 5.93. The predicted octanol–water partition coefficient (Wildman–Crippen LogP) is 7.70. The topological polar surface area (TPSA) is 56.1 Å². The van der Waals surface area contributed by atoms with E-state index in [1.54, 1.807) is 0 Å². The Kier molecular flexibility index (Phi) is 7.25. The normalized spacial score (nSPS) is 19.8. The summed E-state index contributed by atoms with van der Waals surface area (Å²) < 4.78 is 7.30. The Morgan fingerprint density at radius 2 is 1.91 bits per heavy atom. The second kappa shape index (κ2) is 10.0. The molecule has 0 unspecified atom stereocenters. The molecule has 4 rings (SSSR count). The van der Waals surface area contributed by atoms with E-state index in [-0.39, 0.29) is 5.97 Å². The molecule has 0 bridgehead atoms. The molecule has 0 saturated heterocycles. The van der Waals surface area contributed by atoms with Crippen LogP contribution in [0.1, 0.15) is 89.0 Å². The van der Waals surface area contributed by atoms with Gasteiger partial charge < -0.3 is 14.6 Å². The highest BCUT2D eigenvalue weighted by atomic mass is 16.5. The smallest absolute Gasteiger partial charge is 0.305 e. The van der Waals surface area contributed by atoms with E-state index in [1.807, 2.05) is 0 Å². The first-order chi connectivity index (χ1) is 16.6. The van der Waals surface area contributed by atoms with Crippen molar-refractivity contribution in [2.75, 3.05) is 12.4 Å². The van der Waals surface area contributed by atoms with Crippen LogP contribution >= 0.6 is 0 Å². The van der Waals surface area contributed by atoms with Crippen molar-refractivity contribution in [1.82, 2.24) is 9.55 Å². The van der Waals surface area contributed by atoms with Crippen molar-refractivity contribution in [3.8, 4) is 0 Å². The molecule has 1 fully saturated rings. The second-order valence-electron chi connectivity index (χ2n) is 11.6. The second-order valence-corrected chi connectivity index (χ2v) is 11.6. The molecule has 0 radical (unpaired) electrons. The van der Waals surface area contributed by atoms with Gasteiger partial charge in [0.1, 0.15) is 0 Å². The molecule has 1 N–H and O–H groups in total. The van der Waals surface area contributed by atoms with Crippen molar-refractivity contribution in [3.63, 3.8) is 0 Å². The fraction of sp³-hybridized carbons (Fsp3) is 0.533. The number of fused-ring (bicyclic) bond motifs is 1. The number of hydrogen-bond donors (Lipinski definition) is 1. The van der Waals surface area contributed by atoms with Crippen molar-refractivity contribution in [2.45, 2.75) is 85.6 Å². The van der Waals surface area contributed by atoms with Gasteiger partial charge in [0.15, 0.2) is 0 Å². The van der Waals surface area contributed by atoms with E-state index in [4.69, 9.17) is 9.72 Å². The van der Waals surface area contributed by atoms with Gasteiger partial charge in [0.05, 0.1) is 18.1 Å². The largest absolute Gasteiger partial charge is 0.469 e. The number of nitrogens with zero attached hydrogens (tertiary/aromatic N) is 2. The van der Waals surface area contributed by atoms with Crippen LogP contribution in [0.15, 0.2) is 36.4 Å². The summed E-state index contributed by atoms with van der Waals surface area (Å²) in [6.45, 7) is 13.7. The van der Waals surface area contributed by atoms with E-state index in [0.717, 1.165) is 35.6 Å². The summed E-state index contributed by atoms with van der Waals surface area (Å²) in [5.74, 6) is 1.89. The molecule has 3 aromatic rings. The van der Waals surface area contributed by atoms with Gasteiger partial charge in [-0.3, -0.25) is 4.79 Å². The molecule has 0 spiro atoms. The van der Waals surface area contributed by atoms with E-state index in [0.29, 0.717) is 36.1 Å². The molecule has 0 aliphatic heterocycles. The van der Waals surface area contributed by atoms with Crippen molar-refractivity contribution in [1.29, 1.82) is 0 Å². The van der Waals surface area contributed by atoms with Crippen LogP contribution in [-0.4, -0.2) is 22.6 Å². The number of aryl methyl sites for hydroxylation is 2. The zero-order valence-corrected chi connectivity index (χ0v) is 22.4. The van der Waals surface area contributed by atoms with Crippen LogP contribution in [-0.2, 0) is 16.0 Å². The summed E-state index contributed by atoms with van der Waals surface area (Å²) in [5.41, 5.74) is 7.17. The number of benzene rings is 2. The first-order valence-electron chi connectivity index (χ1n) is 13.0. The third-order valence-electron chi connectivity index (χ3n) is 7.54. The summed E-state index contributed by atoms with van der Waals surface area (Å²) in [7, 11) is 1.44. The lowest BCUT2D eigenvalue weighted by Crippen LogP contribution is -2.29. The monoisotopic (exact) mass is 475 g/mol. The Balaban J connectivity index is 1.76. The Labute approximate surface area is 210 Å². The number of hydrogen-bond acceptors (Lipinski definition) is 4. The number of anilines is 2. The molecule has 1 aliphatic carbocycles. The Hall–Kier alpha value is -2.82. The minimum atomic E-state index is -0.180. The van der Waals surface area contributed by atoms with Gasteiger partial charge in [-0.15, -0.1) is 0 Å². The molecule has 1 aromatic heterocycles. The molecule has 1 aliphatic rings. The van der Waals surface area contributed by atoms with Crippen LogP contribution in [0.3, 0.4) is 0 Å². The van der Waals surface area contributed by atoms with Crippen LogP contribution in [0.4, 0.5) is 11.6 Å². The Morgan fingerprint density at radius 3 is 2.54 bits per heavy atom. The van der Waals surface area contributed by atoms with Crippen LogP contribution in [0.5, 0.6) is 0 Å². The van der Waals surface area contributed by atoms with Gasteiger partial charge in [0, 0.05) is 18.2 Å². The molecular formula is C30H41N3O2. The number of imidazole rings is 1. The molecule has 188 valence electrons. The number of carbonyl (C=O) groups excluding carboxylic acids is 1. The number of carbonyl (C=O) groups is 1. The van der Waals surface area contributed by atoms with Gasteiger partial charge in [-0.05, 0) is 90.8 Å².